The molecule has 2 saturated heterocycles. The van der Waals surface area contributed by atoms with Crippen molar-refractivity contribution in [2.45, 2.75) is 51.6 Å². The first-order valence-corrected chi connectivity index (χ1v) is 9.88. The molecular formula is C22H30N2O2. The van der Waals surface area contributed by atoms with Crippen molar-refractivity contribution in [2.24, 2.45) is 11.8 Å². The fraction of sp³-hybridized carbons (Fsp3) is 0.591. The molecule has 3 heterocycles. The van der Waals surface area contributed by atoms with Crippen LogP contribution in [0.25, 0.3) is 0 Å². The van der Waals surface area contributed by atoms with Crippen LogP contribution in [0.5, 0.6) is 0 Å². The quantitative estimate of drug-likeness (QED) is 0.833. The number of hydrogen-bond donors (Lipinski definition) is 1. The molecule has 1 aromatic carbocycles. The third-order valence-electron chi connectivity index (χ3n) is 6.99. The van der Waals surface area contributed by atoms with Gasteiger partial charge in [-0.2, -0.15) is 0 Å². The van der Waals surface area contributed by atoms with E-state index >= 15 is 0 Å². The number of carbonyl (C=O) groups is 1. The molecular weight excluding hydrogens is 324 g/mol. The highest BCUT2D eigenvalue weighted by Gasteiger charge is 2.58. The van der Waals surface area contributed by atoms with Gasteiger partial charge in [-0.25, -0.2) is 0 Å². The molecule has 4 atom stereocenters. The summed E-state index contributed by atoms with van der Waals surface area (Å²) in [4.78, 5) is 16.1. The summed E-state index contributed by atoms with van der Waals surface area (Å²) in [5.74, 6) is 1.42. The summed E-state index contributed by atoms with van der Waals surface area (Å²) in [5, 5.41) is 3.68. The first-order chi connectivity index (χ1) is 12.5. The SMILES string of the molecule is CC[C@@H]1CN2CC[C@]3(Nc4cccc(C)c4C3=O)[C@@H]2C[C@@H]1/C(C)=C\OC. The zero-order valence-corrected chi connectivity index (χ0v) is 16.3. The number of ketones is 1. The standard InChI is InChI=1S/C22H30N2O2/c1-5-16-12-24-10-9-22(19(24)11-17(16)15(3)13-26-4)21(25)20-14(2)7-6-8-18(20)23-22/h6-8,13,16-17,19,23H,5,9-12H2,1-4H3/b15-13-/t16-,17-,19+,22+/m1/s1. The molecule has 3 aliphatic rings. The van der Waals surface area contributed by atoms with Crippen LogP contribution in [0.4, 0.5) is 5.69 Å². The number of nitrogens with zero attached hydrogens (tertiary/aromatic N) is 1. The largest absolute Gasteiger partial charge is 0.504 e. The van der Waals surface area contributed by atoms with E-state index in [2.05, 4.69) is 30.1 Å². The molecule has 0 bridgehead atoms. The second-order valence-electron chi connectivity index (χ2n) is 8.29. The van der Waals surface area contributed by atoms with E-state index in [-0.39, 0.29) is 6.04 Å². The Hall–Kier alpha value is -1.81. The lowest BCUT2D eigenvalue weighted by atomic mass is 9.72. The lowest BCUT2D eigenvalue weighted by Crippen LogP contribution is -2.57. The Morgan fingerprint density at radius 1 is 1.46 bits per heavy atom. The van der Waals surface area contributed by atoms with Crippen LogP contribution in [-0.2, 0) is 4.74 Å². The lowest BCUT2D eigenvalue weighted by molar-refractivity contribution is 0.0687. The van der Waals surface area contributed by atoms with E-state index in [4.69, 9.17) is 4.74 Å². The molecule has 26 heavy (non-hydrogen) atoms. The molecule has 0 amide bonds. The number of carbonyl (C=O) groups excluding carboxylic acids is 1. The number of aryl methyl sites for hydroxylation is 1. The van der Waals surface area contributed by atoms with Crippen LogP contribution in [-0.4, -0.2) is 42.5 Å². The number of rotatable bonds is 3. The number of Topliss-reactive ketones (excluding diaryl/α,β-unsaturated/α-hetero) is 1. The molecule has 2 fully saturated rings. The topological polar surface area (TPSA) is 41.6 Å². The Morgan fingerprint density at radius 3 is 2.96 bits per heavy atom. The van der Waals surface area contributed by atoms with Crippen molar-refractivity contribution in [3.05, 3.63) is 41.2 Å². The Balaban J connectivity index is 1.69. The number of ether oxygens (including phenoxy) is 1. The van der Waals surface area contributed by atoms with Crippen LogP contribution in [0.15, 0.2) is 30.0 Å². The monoisotopic (exact) mass is 354 g/mol. The van der Waals surface area contributed by atoms with E-state index in [1.165, 1.54) is 5.57 Å². The van der Waals surface area contributed by atoms with Crippen molar-refractivity contribution >= 4 is 11.5 Å². The first kappa shape index (κ1) is 17.6. The van der Waals surface area contributed by atoms with E-state index < -0.39 is 5.54 Å². The van der Waals surface area contributed by atoms with E-state index in [1.807, 2.05) is 25.3 Å². The van der Waals surface area contributed by atoms with Crippen LogP contribution in [0, 0.1) is 18.8 Å². The predicted octanol–water partition coefficient (Wildman–Crippen LogP) is 4.01. The summed E-state index contributed by atoms with van der Waals surface area (Å²) in [6, 6.07) is 6.41. The summed E-state index contributed by atoms with van der Waals surface area (Å²) < 4.78 is 5.31. The maximum Gasteiger partial charge on any atom is 0.192 e. The molecule has 3 aliphatic heterocycles. The van der Waals surface area contributed by atoms with Gasteiger partial charge in [-0.3, -0.25) is 9.69 Å². The van der Waals surface area contributed by atoms with Gasteiger partial charge in [-0.15, -0.1) is 0 Å². The summed E-state index contributed by atoms with van der Waals surface area (Å²) in [6.45, 7) is 8.59. The van der Waals surface area contributed by atoms with Crippen molar-refractivity contribution in [2.75, 3.05) is 25.5 Å². The Kier molecular flexibility index (Phi) is 4.34. The highest BCUT2D eigenvalue weighted by atomic mass is 16.5. The number of allylic oxidation sites excluding steroid dienone is 1. The molecule has 0 unspecified atom stereocenters. The van der Waals surface area contributed by atoms with E-state index in [0.717, 1.165) is 49.2 Å². The van der Waals surface area contributed by atoms with Crippen molar-refractivity contribution in [3.8, 4) is 0 Å². The molecule has 1 aromatic rings. The van der Waals surface area contributed by atoms with Gasteiger partial charge in [0.2, 0.25) is 0 Å². The van der Waals surface area contributed by atoms with Crippen molar-refractivity contribution in [1.29, 1.82) is 0 Å². The third-order valence-corrected chi connectivity index (χ3v) is 6.99. The van der Waals surface area contributed by atoms with E-state index in [9.17, 15) is 4.79 Å². The van der Waals surface area contributed by atoms with Crippen LogP contribution in [0.1, 0.15) is 49.0 Å². The normalized spacial score (nSPS) is 33.9. The van der Waals surface area contributed by atoms with E-state index in [0.29, 0.717) is 17.6 Å². The average Bonchev–Trinajstić information content (AvgIpc) is 3.13. The first-order valence-electron chi connectivity index (χ1n) is 9.88. The smallest absolute Gasteiger partial charge is 0.192 e. The fourth-order valence-electron chi connectivity index (χ4n) is 5.63. The minimum atomic E-state index is -0.446. The number of hydrogen-bond acceptors (Lipinski definition) is 4. The van der Waals surface area contributed by atoms with Crippen molar-refractivity contribution < 1.29 is 9.53 Å². The zero-order valence-electron chi connectivity index (χ0n) is 16.3. The van der Waals surface area contributed by atoms with Crippen LogP contribution < -0.4 is 5.32 Å². The Morgan fingerprint density at radius 2 is 2.27 bits per heavy atom. The summed E-state index contributed by atoms with van der Waals surface area (Å²) in [7, 11) is 1.72. The van der Waals surface area contributed by atoms with Gasteiger partial charge in [0.1, 0.15) is 5.54 Å². The van der Waals surface area contributed by atoms with Gasteiger partial charge in [0.15, 0.2) is 5.78 Å². The molecule has 0 saturated carbocycles. The molecule has 1 N–H and O–H groups in total. The van der Waals surface area contributed by atoms with Gasteiger partial charge in [0.05, 0.1) is 13.4 Å². The van der Waals surface area contributed by atoms with Crippen LogP contribution >= 0.6 is 0 Å². The predicted molar refractivity (Wildman–Crippen MR) is 104 cm³/mol. The fourth-order valence-corrected chi connectivity index (χ4v) is 5.63. The molecule has 4 heteroatoms. The number of piperidine rings is 1. The van der Waals surface area contributed by atoms with Gasteiger partial charge in [-0.05, 0) is 55.7 Å². The Labute approximate surface area is 156 Å². The minimum absolute atomic E-state index is 0.259. The lowest BCUT2D eigenvalue weighted by Gasteiger charge is -2.45. The van der Waals surface area contributed by atoms with Gasteiger partial charge in [0, 0.05) is 30.4 Å². The molecule has 1 spiro atoms. The number of nitrogens with one attached hydrogen (secondary N) is 1. The number of fused-ring (bicyclic) bond motifs is 3. The van der Waals surface area contributed by atoms with Gasteiger partial charge >= 0.3 is 0 Å². The summed E-state index contributed by atoms with van der Waals surface area (Å²) >= 11 is 0. The number of methoxy groups -OCH3 is 1. The maximum atomic E-state index is 13.5. The average molecular weight is 354 g/mol. The third kappa shape index (κ3) is 2.42. The van der Waals surface area contributed by atoms with Crippen molar-refractivity contribution in [1.82, 2.24) is 4.90 Å². The Bertz CT molecular complexity index is 757. The summed E-state index contributed by atoms with van der Waals surface area (Å²) in [6.07, 6.45) is 4.99. The van der Waals surface area contributed by atoms with Crippen molar-refractivity contribution in [3.63, 3.8) is 0 Å². The minimum Gasteiger partial charge on any atom is -0.504 e. The van der Waals surface area contributed by atoms with Crippen LogP contribution in [0.2, 0.25) is 0 Å². The second kappa shape index (κ2) is 6.41. The zero-order chi connectivity index (χ0) is 18.5. The summed E-state index contributed by atoms with van der Waals surface area (Å²) in [5.41, 5.74) is 3.88. The van der Waals surface area contributed by atoms with E-state index in [1.54, 1.807) is 7.11 Å². The van der Waals surface area contributed by atoms with Gasteiger partial charge < -0.3 is 10.1 Å². The molecule has 0 aliphatic carbocycles. The maximum absolute atomic E-state index is 13.5. The highest BCUT2D eigenvalue weighted by Crippen LogP contribution is 2.49. The molecule has 4 nitrogen and oxygen atoms in total. The second-order valence-corrected chi connectivity index (χ2v) is 8.29. The molecule has 4 rings (SSSR count). The van der Waals surface area contributed by atoms with Gasteiger partial charge in [0.25, 0.3) is 0 Å². The number of anilines is 1. The number of benzene rings is 1. The molecule has 140 valence electrons. The molecule has 0 radical (unpaired) electrons. The van der Waals surface area contributed by atoms with Crippen LogP contribution in [0.3, 0.4) is 0 Å². The van der Waals surface area contributed by atoms with Gasteiger partial charge in [-0.1, -0.05) is 25.5 Å². The highest BCUT2D eigenvalue weighted by molar-refractivity contribution is 6.15. The molecule has 0 aromatic heterocycles.